The number of amidine groups is 2. The van der Waals surface area contributed by atoms with Crippen LogP contribution in [0.2, 0.25) is 0 Å². The number of amides is 1. The lowest BCUT2D eigenvalue weighted by Gasteiger charge is -2.20. The smallest absolute Gasteiger partial charge is 0.283 e. The van der Waals surface area contributed by atoms with Crippen LogP contribution in [0.1, 0.15) is 11.5 Å². The maximum Gasteiger partial charge on any atom is 0.283 e. The Morgan fingerprint density at radius 1 is 1.00 bits per heavy atom. The van der Waals surface area contributed by atoms with Gasteiger partial charge in [-0.25, -0.2) is 0 Å². The van der Waals surface area contributed by atoms with Crippen LogP contribution in [-0.4, -0.2) is 31.5 Å². The summed E-state index contributed by atoms with van der Waals surface area (Å²) in [6.45, 7) is 0. The molecule has 1 N–H and O–H groups in total. The Morgan fingerprint density at radius 3 is 2.75 bits per heavy atom. The molecule has 2 aliphatic heterocycles. The Morgan fingerprint density at radius 2 is 1.88 bits per heavy atom. The largest absolute Gasteiger partial charge is 0.462 e. The van der Waals surface area contributed by atoms with Crippen molar-refractivity contribution in [3.8, 4) is 5.69 Å². The Bertz CT molecular complexity index is 1490. The van der Waals surface area contributed by atoms with Gasteiger partial charge in [0.05, 0.1) is 17.5 Å². The van der Waals surface area contributed by atoms with Crippen LogP contribution < -0.4 is 0 Å². The highest BCUT2D eigenvalue weighted by Gasteiger charge is 2.36. The fourth-order valence-corrected chi connectivity index (χ4v) is 4.65. The van der Waals surface area contributed by atoms with E-state index in [-0.39, 0.29) is 11.4 Å². The number of carbonyl (C=O) groups is 1. The topological polar surface area (TPSA) is 86.9 Å². The number of fused-ring (bicyclic) bond motifs is 2. The van der Waals surface area contributed by atoms with Crippen LogP contribution in [0.25, 0.3) is 22.5 Å². The van der Waals surface area contributed by atoms with Crippen molar-refractivity contribution >= 4 is 50.6 Å². The standard InChI is InChI=1S/C24H15N5O2S/c25-21-18(22(30)26-24-29(21)27-23(32-24)20-11-5-13-31-20)14-16-8-4-12-28(16)19-10-3-7-15-6-1-2-9-17(15)19/h1-14,25H/b18-14+,25-21?. The molecule has 1 amide bonds. The van der Waals surface area contributed by atoms with E-state index in [4.69, 9.17) is 9.83 Å². The molecule has 32 heavy (non-hydrogen) atoms. The van der Waals surface area contributed by atoms with Crippen molar-refractivity contribution in [3.63, 3.8) is 0 Å². The van der Waals surface area contributed by atoms with Crippen molar-refractivity contribution in [3.05, 3.63) is 96.2 Å². The van der Waals surface area contributed by atoms with Crippen molar-refractivity contribution in [1.29, 1.82) is 5.41 Å². The molecule has 8 heteroatoms. The molecule has 2 aromatic heterocycles. The molecule has 0 aliphatic carbocycles. The second-order valence-corrected chi connectivity index (χ2v) is 8.16. The maximum absolute atomic E-state index is 12.8. The molecule has 4 aromatic rings. The fraction of sp³-hybridized carbons (Fsp3) is 0. The van der Waals surface area contributed by atoms with Gasteiger partial charge in [-0.2, -0.15) is 15.1 Å². The van der Waals surface area contributed by atoms with Crippen LogP contribution in [0.15, 0.2) is 99.3 Å². The van der Waals surface area contributed by atoms with Gasteiger partial charge in [0.25, 0.3) is 5.91 Å². The summed E-state index contributed by atoms with van der Waals surface area (Å²) in [6.07, 6.45) is 5.19. The Hall–Kier alpha value is -4.17. The van der Waals surface area contributed by atoms with Crippen molar-refractivity contribution in [1.82, 2.24) is 9.58 Å². The number of furan rings is 1. The van der Waals surface area contributed by atoms with Crippen molar-refractivity contribution < 1.29 is 9.21 Å². The summed E-state index contributed by atoms with van der Waals surface area (Å²) >= 11 is 1.21. The number of thioether (sulfide) groups is 1. The van der Waals surface area contributed by atoms with Crippen molar-refractivity contribution in [2.24, 2.45) is 10.1 Å². The maximum atomic E-state index is 12.8. The molecule has 2 aromatic carbocycles. The number of rotatable bonds is 3. The molecule has 4 heterocycles. The van der Waals surface area contributed by atoms with E-state index in [0.29, 0.717) is 16.0 Å². The minimum absolute atomic E-state index is 0.0141. The first-order valence-electron chi connectivity index (χ1n) is 9.89. The lowest BCUT2D eigenvalue weighted by Crippen LogP contribution is -2.35. The van der Waals surface area contributed by atoms with Gasteiger partial charge in [0.15, 0.2) is 16.6 Å². The summed E-state index contributed by atoms with van der Waals surface area (Å²) in [7, 11) is 0. The summed E-state index contributed by atoms with van der Waals surface area (Å²) < 4.78 is 7.40. The molecule has 6 rings (SSSR count). The van der Waals surface area contributed by atoms with Gasteiger partial charge in [-0.15, -0.1) is 0 Å². The molecule has 0 unspecified atom stereocenters. The van der Waals surface area contributed by atoms with E-state index in [0.717, 1.165) is 22.2 Å². The number of hydrogen-bond acceptors (Lipinski definition) is 5. The number of nitrogens with zero attached hydrogens (tertiary/aromatic N) is 4. The molecule has 2 aliphatic rings. The second kappa shape index (κ2) is 7.21. The molecule has 0 radical (unpaired) electrons. The molecule has 0 bridgehead atoms. The van der Waals surface area contributed by atoms with Crippen LogP contribution in [-0.2, 0) is 4.79 Å². The second-order valence-electron chi connectivity index (χ2n) is 7.20. The van der Waals surface area contributed by atoms with Crippen molar-refractivity contribution in [2.75, 3.05) is 0 Å². The number of hydrazone groups is 1. The van der Waals surface area contributed by atoms with E-state index < -0.39 is 5.91 Å². The van der Waals surface area contributed by atoms with E-state index in [2.05, 4.69) is 28.3 Å². The quantitative estimate of drug-likeness (QED) is 0.462. The minimum atomic E-state index is -0.463. The normalized spacial score (nSPS) is 17.1. The predicted molar refractivity (Wildman–Crippen MR) is 126 cm³/mol. The van der Waals surface area contributed by atoms with Gasteiger partial charge in [-0.1, -0.05) is 36.4 Å². The number of nitrogens with one attached hydrogen (secondary N) is 1. The summed E-state index contributed by atoms with van der Waals surface area (Å²) in [5, 5.41) is 17.6. The zero-order valence-electron chi connectivity index (χ0n) is 16.6. The molecule has 0 spiro atoms. The zero-order chi connectivity index (χ0) is 21.7. The van der Waals surface area contributed by atoms with Gasteiger partial charge < -0.3 is 8.98 Å². The van der Waals surface area contributed by atoms with Gasteiger partial charge in [0.1, 0.15) is 0 Å². The SMILES string of the molecule is N=C1/C(=C\c2cccn2-c2cccc3ccccc23)C(=O)N=C2SC(c3ccco3)=NN12. The van der Waals surface area contributed by atoms with Gasteiger partial charge in [0.2, 0.25) is 5.17 Å². The van der Waals surface area contributed by atoms with Crippen LogP contribution in [0.5, 0.6) is 0 Å². The van der Waals surface area contributed by atoms with Crippen LogP contribution in [0.4, 0.5) is 0 Å². The number of carbonyl (C=O) groups excluding carboxylic acids is 1. The van der Waals surface area contributed by atoms with Gasteiger partial charge in [-0.3, -0.25) is 10.2 Å². The lowest BCUT2D eigenvalue weighted by atomic mass is 10.1. The highest BCUT2D eigenvalue weighted by Crippen LogP contribution is 2.31. The number of aromatic nitrogens is 1. The molecular formula is C24H15N5O2S. The van der Waals surface area contributed by atoms with Crippen LogP contribution in [0.3, 0.4) is 0 Å². The average molecular weight is 437 g/mol. The first-order chi connectivity index (χ1) is 15.7. The summed E-state index contributed by atoms with van der Waals surface area (Å²) in [5.41, 5.74) is 1.95. The number of benzene rings is 2. The third kappa shape index (κ3) is 2.92. The van der Waals surface area contributed by atoms with E-state index >= 15 is 0 Å². The molecule has 154 valence electrons. The van der Waals surface area contributed by atoms with E-state index in [9.17, 15) is 4.79 Å². The minimum Gasteiger partial charge on any atom is -0.462 e. The van der Waals surface area contributed by atoms with E-state index in [1.807, 2.05) is 47.2 Å². The highest BCUT2D eigenvalue weighted by molar-refractivity contribution is 8.27. The fourth-order valence-electron chi connectivity index (χ4n) is 3.79. The molecule has 0 saturated heterocycles. The summed E-state index contributed by atoms with van der Waals surface area (Å²) in [6, 6.07) is 21.6. The monoisotopic (exact) mass is 437 g/mol. The number of aliphatic imine (C=N–C) groups is 1. The van der Waals surface area contributed by atoms with E-state index in [1.165, 1.54) is 16.8 Å². The van der Waals surface area contributed by atoms with Crippen LogP contribution in [0, 0.1) is 5.41 Å². The van der Waals surface area contributed by atoms with Crippen molar-refractivity contribution in [2.45, 2.75) is 0 Å². The molecular weight excluding hydrogens is 422 g/mol. The third-order valence-electron chi connectivity index (χ3n) is 5.29. The molecule has 0 fully saturated rings. The Balaban J connectivity index is 1.41. The van der Waals surface area contributed by atoms with Gasteiger partial charge in [0, 0.05) is 17.3 Å². The first kappa shape index (κ1) is 18.6. The highest BCUT2D eigenvalue weighted by atomic mass is 32.2. The summed E-state index contributed by atoms with van der Waals surface area (Å²) in [5.74, 6) is 0.0951. The molecule has 7 nitrogen and oxygen atoms in total. The zero-order valence-corrected chi connectivity index (χ0v) is 17.4. The summed E-state index contributed by atoms with van der Waals surface area (Å²) in [4.78, 5) is 17.0. The van der Waals surface area contributed by atoms with Crippen LogP contribution >= 0.6 is 11.8 Å². The predicted octanol–water partition coefficient (Wildman–Crippen LogP) is 4.89. The molecule has 0 atom stereocenters. The lowest BCUT2D eigenvalue weighted by molar-refractivity contribution is -0.114. The van der Waals surface area contributed by atoms with Gasteiger partial charge in [-0.05, 0) is 53.6 Å². The first-order valence-corrected chi connectivity index (χ1v) is 10.7. The Kier molecular flexibility index (Phi) is 4.19. The number of hydrogen-bond donors (Lipinski definition) is 1. The van der Waals surface area contributed by atoms with Gasteiger partial charge >= 0.3 is 0 Å². The molecule has 0 saturated carbocycles. The average Bonchev–Trinajstić information content (AvgIpc) is 3.57. The third-order valence-corrected chi connectivity index (χ3v) is 6.21. The van der Waals surface area contributed by atoms with E-state index in [1.54, 1.807) is 24.5 Å². The Labute approximate surface area is 186 Å².